The molecule has 0 radical (unpaired) electrons. The Morgan fingerprint density at radius 2 is 2.38 bits per heavy atom. The van der Waals surface area contributed by atoms with Crippen molar-refractivity contribution in [2.24, 2.45) is 5.73 Å². The molecule has 1 atom stereocenters. The Hall–Kier alpha value is -1.20. The van der Waals surface area contributed by atoms with Gasteiger partial charge in [-0.2, -0.15) is 0 Å². The van der Waals surface area contributed by atoms with E-state index in [1.54, 1.807) is 12.1 Å². The maximum atomic E-state index is 11.6. The maximum absolute atomic E-state index is 11.6. The zero-order valence-electron chi connectivity index (χ0n) is 8.74. The smallest absolute Gasteiger partial charge is 0.270 e. The number of rotatable bonds is 4. The van der Waals surface area contributed by atoms with E-state index in [-0.39, 0.29) is 11.9 Å². The number of amides is 1. The SMILES string of the molecule is CC(CC(N)=S)NC(=O)c1ccc(Cl)cn1. The molecule has 1 aromatic rings. The monoisotopic (exact) mass is 257 g/mol. The second kappa shape index (κ2) is 5.77. The normalized spacial score (nSPS) is 11.9. The second-order valence-electron chi connectivity index (χ2n) is 3.41. The standard InChI is InChI=1S/C10H12ClN3OS/c1-6(4-9(12)16)14-10(15)8-3-2-7(11)5-13-8/h2-3,5-6H,4H2,1H3,(H2,12,16)(H,14,15). The average Bonchev–Trinajstić information content (AvgIpc) is 2.16. The largest absolute Gasteiger partial charge is 0.393 e. The van der Waals surface area contributed by atoms with Gasteiger partial charge in [-0.05, 0) is 19.1 Å². The summed E-state index contributed by atoms with van der Waals surface area (Å²) < 4.78 is 0. The van der Waals surface area contributed by atoms with E-state index in [1.165, 1.54) is 6.20 Å². The second-order valence-corrected chi connectivity index (χ2v) is 4.37. The number of carbonyl (C=O) groups excluding carboxylic acids is 1. The zero-order valence-corrected chi connectivity index (χ0v) is 10.3. The fourth-order valence-electron chi connectivity index (χ4n) is 1.16. The summed E-state index contributed by atoms with van der Waals surface area (Å²) in [4.78, 5) is 15.9. The highest BCUT2D eigenvalue weighted by molar-refractivity contribution is 7.80. The molecule has 0 aromatic carbocycles. The van der Waals surface area contributed by atoms with Crippen LogP contribution in [0.4, 0.5) is 0 Å². The van der Waals surface area contributed by atoms with Gasteiger partial charge in [-0.3, -0.25) is 4.79 Å². The summed E-state index contributed by atoms with van der Waals surface area (Å²) in [5.41, 5.74) is 5.69. The molecule has 16 heavy (non-hydrogen) atoms. The number of nitrogens with two attached hydrogens (primary N) is 1. The third-order valence-corrected chi connectivity index (χ3v) is 2.24. The molecule has 0 aliphatic carbocycles. The van der Waals surface area contributed by atoms with Gasteiger partial charge >= 0.3 is 0 Å². The highest BCUT2D eigenvalue weighted by atomic mass is 35.5. The lowest BCUT2D eigenvalue weighted by atomic mass is 10.2. The third-order valence-electron chi connectivity index (χ3n) is 1.84. The maximum Gasteiger partial charge on any atom is 0.270 e. The Morgan fingerprint density at radius 1 is 1.69 bits per heavy atom. The Kier molecular flexibility index (Phi) is 4.64. The Morgan fingerprint density at radius 3 is 2.88 bits per heavy atom. The number of hydrogen-bond acceptors (Lipinski definition) is 3. The molecule has 86 valence electrons. The molecular weight excluding hydrogens is 246 g/mol. The summed E-state index contributed by atoms with van der Waals surface area (Å²) in [6.45, 7) is 1.83. The number of carbonyl (C=O) groups is 1. The number of pyridine rings is 1. The van der Waals surface area contributed by atoms with Crippen molar-refractivity contribution in [1.29, 1.82) is 0 Å². The summed E-state index contributed by atoms with van der Waals surface area (Å²) in [7, 11) is 0. The van der Waals surface area contributed by atoms with Crippen LogP contribution in [0.5, 0.6) is 0 Å². The van der Waals surface area contributed by atoms with E-state index < -0.39 is 0 Å². The van der Waals surface area contributed by atoms with Gasteiger partial charge in [-0.1, -0.05) is 23.8 Å². The van der Waals surface area contributed by atoms with Crippen LogP contribution in [0.3, 0.4) is 0 Å². The first-order chi connectivity index (χ1) is 7.49. The molecule has 1 aromatic heterocycles. The lowest BCUT2D eigenvalue weighted by Gasteiger charge is -2.12. The van der Waals surface area contributed by atoms with Crippen LogP contribution in [0.2, 0.25) is 5.02 Å². The van der Waals surface area contributed by atoms with Gasteiger partial charge < -0.3 is 11.1 Å². The van der Waals surface area contributed by atoms with Crippen molar-refractivity contribution in [2.75, 3.05) is 0 Å². The van der Waals surface area contributed by atoms with E-state index in [4.69, 9.17) is 29.6 Å². The molecule has 0 aliphatic rings. The van der Waals surface area contributed by atoms with Gasteiger partial charge in [0.15, 0.2) is 0 Å². The Balaban J connectivity index is 2.58. The van der Waals surface area contributed by atoms with E-state index in [1.807, 2.05) is 6.92 Å². The fraction of sp³-hybridized carbons (Fsp3) is 0.300. The first-order valence-corrected chi connectivity index (χ1v) is 5.48. The first kappa shape index (κ1) is 12.9. The molecule has 1 rings (SSSR count). The minimum Gasteiger partial charge on any atom is -0.393 e. The predicted octanol–water partition coefficient (Wildman–Crippen LogP) is 1.53. The van der Waals surface area contributed by atoms with Gasteiger partial charge in [0, 0.05) is 18.7 Å². The summed E-state index contributed by atoms with van der Waals surface area (Å²) in [6.07, 6.45) is 1.89. The molecule has 0 fully saturated rings. The zero-order chi connectivity index (χ0) is 12.1. The van der Waals surface area contributed by atoms with E-state index >= 15 is 0 Å². The van der Waals surface area contributed by atoms with E-state index in [0.29, 0.717) is 22.1 Å². The van der Waals surface area contributed by atoms with Crippen molar-refractivity contribution in [3.8, 4) is 0 Å². The summed E-state index contributed by atoms with van der Waals surface area (Å²) in [5, 5.41) is 3.23. The third kappa shape index (κ3) is 4.12. The predicted molar refractivity (Wildman–Crippen MR) is 67.6 cm³/mol. The molecule has 0 spiro atoms. The molecule has 1 unspecified atom stereocenters. The van der Waals surface area contributed by atoms with Crippen LogP contribution in [0.1, 0.15) is 23.8 Å². The molecule has 0 saturated carbocycles. The van der Waals surface area contributed by atoms with Gasteiger partial charge in [0.05, 0.1) is 10.0 Å². The van der Waals surface area contributed by atoms with Crippen molar-refractivity contribution in [3.63, 3.8) is 0 Å². The number of thiocarbonyl (C=S) groups is 1. The highest BCUT2D eigenvalue weighted by Gasteiger charge is 2.11. The van der Waals surface area contributed by atoms with Crippen LogP contribution in [-0.2, 0) is 0 Å². The van der Waals surface area contributed by atoms with Gasteiger partial charge in [-0.15, -0.1) is 0 Å². The minimum atomic E-state index is -0.264. The lowest BCUT2D eigenvalue weighted by molar-refractivity contribution is 0.0936. The van der Waals surface area contributed by atoms with Crippen molar-refractivity contribution in [3.05, 3.63) is 29.0 Å². The van der Waals surface area contributed by atoms with Gasteiger partial charge in [0.2, 0.25) is 0 Å². The van der Waals surface area contributed by atoms with Gasteiger partial charge in [0.1, 0.15) is 5.69 Å². The number of halogens is 1. The van der Waals surface area contributed by atoms with Crippen LogP contribution >= 0.6 is 23.8 Å². The summed E-state index contributed by atoms with van der Waals surface area (Å²) in [5.74, 6) is -0.264. The van der Waals surface area contributed by atoms with E-state index in [0.717, 1.165) is 0 Å². The molecule has 0 bridgehead atoms. The Labute approximate surface area is 104 Å². The van der Waals surface area contributed by atoms with Crippen LogP contribution in [0.25, 0.3) is 0 Å². The van der Waals surface area contributed by atoms with Crippen LogP contribution in [0.15, 0.2) is 18.3 Å². The average molecular weight is 258 g/mol. The van der Waals surface area contributed by atoms with Crippen LogP contribution < -0.4 is 11.1 Å². The van der Waals surface area contributed by atoms with Crippen molar-refractivity contribution < 1.29 is 4.79 Å². The first-order valence-electron chi connectivity index (χ1n) is 4.69. The summed E-state index contributed by atoms with van der Waals surface area (Å²) >= 11 is 10.4. The van der Waals surface area contributed by atoms with E-state index in [9.17, 15) is 4.79 Å². The molecular formula is C10H12ClN3OS. The molecule has 1 heterocycles. The molecule has 0 saturated heterocycles. The summed E-state index contributed by atoms with van der Waals surface area (Å²) in [6, 6.07) is 3.06. The van der Waals surface area contributed by atoms with Crippen molar-refractivity contribution in [2.45, 2.75) is 19.4 Å². The molecule has 1 amide bonds. The Bertz CT molecular complexity index is 394. The fourth-order valence-corrected chi connectivity index (χ4v) is 1.52. The number of nitrogens with zero attached hydrogens (tertiary/aromatic N) is 1. The number of nitrogens with one attached hydrogen (secondary N) is 1. The molecule has 6 heteroatoms. The number of aromatic nitrogens is 1. The minimum absolute atomic E-state index is 0.109. The van der Waals surface area contributed by atoms with Gasteiger partial charge in [-0.25, -0.2) is 4.98 Å². The quantitative estimate of drug-likeness (QED) is 0.803. The van der Waals surface area contributed by atoms with Gasteiger partial charge in [0.25, 0.3) is 5.91 Å². The molecule has 3 N–H and O–H groups in total. The van der Waals surface area contributed by atoms with Crippen LogP contribution in [0, 0.1) is 0 Å². The molecule has 4 nitrogen and oxygen atoms in total. The number of hydrogen-bond donors (Lipinski definition) is 2. The highest BCUT2D eigenvalue weighted by Crippen LogP contribution is 2.06. The van der Waals surface area contributed by atoms with Crippen LogP contribution in [-0.4, -0.2) is 21.9 Å². The lowest BCUT2D eigenvalue weighted by Crippen LogP contribution is -2.35. The molecule has 0 aliphatic heterocycles. The topological polar surface area (TPSA) is 68.0 Å². The van der Waals surface area contributed by atoms with Crippen molar-refractivity contribution in [1.82, 2.24) is 10.3 Å². The van der Waals surface area contributed by atoms with Crippen molar-refractivity contribution >= 4 is 34.7 Å². The van der Waals surface area contributed by atoms with E-state index in [2.05, 4.69) is 10.3 Å².